The van der Waals surface area contributed by atoms with E-state index in [1.807, 2.05) is 97.1 Å². The molecule has 0 unspecified atom stereocenters. The van der Waals surface area contributed by atoms with E-state index in [2.05, 4.69) is 0 Å². The zero-order valence-corrected chi connectivity index (χ0v) is 23.8. The first-order chi connectivity index (χ1) is 26.5. The number of para-hydroxylation sites is 1. The lowest BCUT2D eigenvalue weighted by Gasteiger charge is -2.20. The lowest BCUT2D eigenvalue weighted by Crippen LogP contribution is -1.93. The van der Waals surface area contributed by atoms with Gasteiger partial charge in [0.1, 0.15) is 11.2 Å². The first-order valence-corrected chi connectivity index (χ1v) is 14.6. The van der Waals surface area contributed by atoms with Crippen molar-refractivity contribution in [2.24, 2.45) is 0 Å². The third-order valence-electron chi connectivity index (χ3n) is 8.46. The van der Waals surface area contributed by atoms with Crippen molar-refractivity contribution in [1.82, 2.24) is 0 Å². The standard InChI is InChI=1S/C44H28O/c1-3-13-29(14-4-1)30-23-25-32(26-24-30)41-33-17-7-9-19-35(33)43(36-20-10-8-18-34(36)41)38-27-28-40-44(37-21-11-12-22-39(37)45-40)42(38)31-15-5-2-6-16-31/h1-28H/i1D,2D,3D,4D,5D,6D,13D,14D,15D,16D. The molecule has 1 nitrogen and oxygen atoms in total. The van der Waals surface area contributed by atoms with Crippen molar-refractivity contribution in [2.75, 3.05) is 0 Å². The normalized spacial score (nSPS) is 14.7. The van der Waals surface area contributed by atoms with Gasteiger partial charge in [-0.1, -0.05) is 151 Å². The smallest absolute Gasteiger partial charge is 0.136 e. The predicted octanol–water partition coefficient (Wildman–Crippen LogP) is 12.6. The highest BCUT2D eigenvalue weighted by molar-refractivity contribution is 6.25. The van der Waals surface area contributed by atoms with Crippen molar-refractivity contribution in [1.29, 1.82) is 0 Å². The van der Waals surface area contributed by atoms with E-state index in [0.29, 0.717) is 33.2 Å². The minimum Gasteiger partial charge on any atom is -0.456 e. The van der Waals surface area contributed by atoms with Crippen LogP contribution in [0.4, 0.5) is 0 Å². The molecule has 1 aromatic heterocycles. The Morgan fingerprint density at radius 1 is 0.356 bits per heavy atom. The Bertz CT molecular complexity index is 2980. The van der Waals surface area contributed by atoms with Crippen LogP contribution in [0.1, 0.15) is 13.7 Å². The van der Waals surface area contributed by atoms with Crippen LogP contribution < -0.4 is 0 Å². The molecule has 0 N–H and O–H groups in total. The number of rotatable bonds is 4. The summed E-state index contributed by atoms with van der Waals surface area (Å²) in [4.78, 5) is 0. The van der Waals surface area contributed by atoms with Gasteiger partial charge in [0.2, 0.25) is 0 Å². The van der Waals surface area contributed by atoms with Gasteiger partial charge in [0.15, 0.2) is 0 Å². The third kappa shape index (κ3) is 4.09. The van der Waals surface area contributed by atoms with Crippen molar-refractivity contribution in [2.45, 2.75) is 0 Å². The van der Waals surface area contributed by atoms with Gasteiger partial charge < -0.3 is 4.42 Å². The molecule has 0 aliphatic carbocycles. The molecule has 8 aromatic carbocycles. The summed E-state index contributed by atoms with van der Waals surface area (Å²) in [7, 11) is 0. The molecule has 0 atom stereocenters. The Morgan fingerprint density at radius 2 is 0.867 bits per heavy atom. The van der Waals surface area contributed by atoms with Crippen LogP contribution in [0.15, 0.2) is 174 Å². The lowest BCUT2D eigenvalue weighted by molar-refractivity contribution is 0.669. The minimum absolute atomic E-state index is 0.0821. The summed E-state index contributed by atoms with van der Waals surface area (Å²) in [6, 6.07) is 30.8. The van der Waals surface area contributed by atoms with Crippen molar-refractivity contribution in [3.05, 3.63) is 170 Å². The molecule has 9 aromatic rings. The Balaban J connectivity index is 1.37. The van der Waals surface area contributed by atoms with E-state index >= 15 is 0 Å². The zero-order chi connectivity index (χ0) is 38.4. The first kappa shape index (κ1) is 17.4. The molecular weight excluding hydrogens is 544 g/mol. The average molecular weight is 583 g/mol. The Hall–Kier alpha value is -5.92. The largest absolute Gasteiger partial charge is 0.456 e. The minimum atomic E-state index is -0.470. The monoisotopic (exact) mass is 582 g/mol. The van der Waals surface area contributed by atoms with Gasteiger partial charge in [0, 0.05) is 16.3 Å². The highest BCUT2D eigenvalue weighted by atomic mass is 16.3. The van der Waals surface area contributed by atoms with Gasteiger partial charge in [-0.15, -0.1) is 0 Å². The van der Waals surface area contributed by atoms with Crippen LogP contribution in [-0.2, 0) is 0 Å². The summed E-state index contributed by atoms with van der Waals surface area (Å²) in [5, 5.41) is 4.93. The molecule has 0 spiro atoms. The molecule has 210 valence electrons. The predicted molar refractivity (Wildman–Crippen MR) is 190 cm³/mol. The van der Waals surface area contributed by atoms with Gasteiger partial charge in [-0.2, -0.15) is 0 Å². The number of furan rings is 1. The molecule has 0 saturated heterocycles. The van der Waals surface area contributed by atoms with Gasteiger partial charge in [-0.05, 0) is 78.7 Å². The lowest BCUT2D eigenvalue weighted by atomic mass is 9.82. The quantitative estimate of drug-likeness (QED) is 0.188. The summed E-state index contributed by atoms with van der Waals surface area (Å²) in [6.45, 7) is 0. The fourth-order valence-corrected chi connectivity index (χ4v) is 6.59. The molecule has 1 heteroatoms. The maximum Gasteiger partial charge on any atom is 0.136 e. The number of hydrogen-bond acceptors (Lipinski definition) is 1. The van der Waals surface area contributed by atoms with Gasteiger partial charge in [0.25, 0.3) is 0 Å². The van der Waals surface area contributed by atoms with Crippen LogP contribution in [0, 0.1) is 0 Å². The number of fused-ring (bicyclic) bond motifs is 5. The van der Waals surface area contributed by atoms with Crippen LogP contribution in [0.3, 0.4) is 0 Å². The van der Waals surface area contributed by atoms with E-state index in [1.165, 1.54) is 0 Å². The van der Waals surface area contributed by atoms with Gasteiger partial charge in [-0.3, -0.25) is 0 Å². The van der Waals surface area contributed by atoms with Crippen molar-refractivity contribution in [3.8, 4) is 44.5 Å². The molecule has 0 amide bonds. The second-order valence-electron chi connectivity index (χ2n) is 10.9. The van der Waals surface area contributed by atoms with Crippen LogP contribution in [0.25, 0.3) is 88.0 Å². The Kier molecular flexibility index (Phi) is 4.01. The first-order valence-electron chi connectivity index (χ1n) is 19.6. The van der Waals surface area contributed by atoms with E-state index < -0.39 is 36.3 Å². The molecule has 0 fully saturated rings. The molecule has 9 rings (SSSR count). The summed E-state index contributed by atoms with van der Waals surface area (Å²) in [5.74, 6) is 0. The van der Waals surface area contributed by atoms with Crippen molar-refractivity contribution >= 4 is 43.5 Å². The molecule has 0 radical (unpaired) electrons. The SMILES string of the molecule is [2H]c1c([2H])c([2H])c(-c2ccc(-c3c4ccccc4c(-c4ccc5oc6ccccc6c5c4-c4c([2H])c([2H])c([2H])c([2H])c4[2H])c4ccccc34)cc2)c([2H])c1[2H]. The molecule has 0 bridgehead atoms. The number of benzene rings is 8. The summed E-state index contributed by atoms with van der Waals surface area (Å²) >= 11 is 0. The fourth-order valence-electron chi connectivity index (χ4n) is 6.59. The highest BCUT2D eigenvalue weighted by Crippen LogP contribution is 2.49. The molecular formula is C44H28O. The molecule has 0 aliphatic heterocycles. The van der Waals surface area contributed by atoms with Gasteiger partial charge in [0.05, 0.1) is 13.7 Å². The van der Waals surface area contributed by atoms with Crippen LogP contribution >= 0.6 is 0 Å². The van der Waals surface area contributed by atoms with Gasteiger partial charge in [-0.25, -0.2) is 0 Å². The molecule has 0 aliphatic rings. The van der Waals surface area contributed by atoms with E-state index in [4.69, 9.17) is 18.1 Å². The van der Waals surface area contributed by atoms with Crippen molar-refractivity contribution in [3.63, 3.8) is 0 Å². The topological polar surface area (TPSA) is 13.1 Å². The number of hydrogen-bond donors (Lipinski definition) is 0. The zero-order valence-electron chi connectivity index (χ0n) is 33.8. The third-order valence-corrected chi connectivity index (χ3v) is 8.46. The molecule has 0 saturated carbocycles. The maximum absolute atomic E-state index is 9.12. The second kappa shape index (κ2) is 10.4. The molecule has 1 heterocycles. The summed E-state index contributed by atoms with van der Waals surface area (Å²) in [6.07, 6.45) is 0. The maximum atomic E-state index is 9.12. The van der Waals surface area contributed by atoms with Crippen LogP contribution in [-0.4, -0.2) is 0 Å². The second-order valence-corrected chi connectivity index (χ2v) is 10.9. The average Bonchev–Trinajstić information content (AvgIpc) is 3.59. The Morgan fingerprint density at radius 3 is 1.49 bits per heavy atom. The highest BCUT2D eigenvalue weighted by Gasteiger charge is 2.22. The van der Waals surface area contributed by atoms with E-state index in [0.717, 1.165) is 43.6 Å². The van der Waals surface area contributed by atoms with Gasteiger partial charge >= 0.3 is 0 Å². The summed E-state index contributed by atoms with van der Waals surface area (Å²) < 4.78 is 91.5. The van der Waals surface area contributed by atoms with Crippen LogP contribution in [0.5, 0.6) is 0 Å². The van der Waals surface area contributed by atoms with E-state index in [-0.39, 0.29) is 35.3 Å². The van der Waals surface area contributed by atoms with Crippen LogP contribution in [0.2, 0.25) is 0 Å². The summed E-state index contributed by atoms with van der Waals surface area (Å²) in [5.41, 5.74) is 5.58. The Labute approximate surface area is 275 Å². The van der Waals surface area contributed by atoms with Crippen molar-refractivity contribution < 1.29 is 18.1 Å². The fraction of sp³-hybridized carbons (Fsp3) is 0. The molecule has 45 heavy (non-hydrogen) atoms. The van der Waals surface area contributed by atoms with E-state index in [9.17, 15) is 0 Å². The van der Waals surface area contributed by atoms with E-state index in [1.54, 1.807) is 12.1 Å².